The molecule has 11 nitrogen and oxygen atoms in total. The van der Waals surface area contributed by atoms with Crippen LogP contribution >= 0.6 is 0 Å². The van der Waals surface area contributed by atoms with Crippen LogP contribution in [0.25, 0.3) is 11.4 Å². The molecule has 2 aliphatic rings. The Kier molecular flexibility index (Phi) is 7.23. The first-order chi connectivity index (χ1) is 18.6. The Balaban J connectivity index is 1.48. The Morgan fingerprint density at radius 3 is 2.85 bits per heavy atom. The van der Waals surface area contributed by atoms with E-state index in [4.69, 9.17) is 9.84 Å². The van der Waals surface area contributed by atoms with Crippen molar-refractivity contribution in [3.8, 4) is 17.3 Å². The summed E-state index contributed by atoms with van der Waals surface area (Å²) in [7, 11) is 0. The number of hydrogen-bond acceptors (Lipinski definition) is 9. The third kappa shape index (κ3) is 5.56. The van der Waals surface area contributed by atoms with Gasteiger partial charge in [-0.05, 0) is 31.9 Å². The van der Waals surface area contributed by atoms with Crippen LogP contribution in [0.1, 0.15) is 24.1 Å². The Bertz CT molecular complexity index is 1370. The lowest BCUT2D eigenvalue weighted by atomic mass is 9.99. The first kappa shape index (κ1) is 26.6. The summed E-state index contributed by atoms with van der Waals surface area (Å²) in [6, 6.07) is 5.39. The minimum atomic E-state index is -4.53. The van der Waals surface area contributed by atoms with Gasteiger partial charge in [0.05, 0.1) is 23.9 Å². The number of ether oxygens (including phenoxy) is 1. The molecule has 2 aliphatic heterocycles. The first-order valence-corrected chi connectivity index (χ1v) is 12.3. The number of anilines is 3. The average molecular weight is 546 g/mol. The van der Waals surface area contributed by atoms with Gasteiger partial charge in [0.15, 0.2) is 11.6 Å². The van der Waals surface area contributed by atoms with Crippen LogP contribution in [0.3, 0.4) is 0 Å². The fraction of sp³-hybridized carbons (Fsp3) is 0.400. The number of carbonyl (C=O) groups excluding carboxylic acids is 1. The van der Waals surface area contributed by atoms with E-state index in [0.717, 1.165) is 25.1 Å². The SMILES string of the molecule is Cc1nc(-c2cccc(C(F)(F)F)c2)nc2c1N1CCC[C@@H](C1)N2C(=O)Nc1nccc(OC[C@H](O)CO)n1. The maximum absolute atomic E-state index is 13.6. The van der Waals surface area contributed by atoms with Crippen molar-refractivity contribution in [3.05, 3.63) is 47.8 Å². The summed E-state index contributed by atoms with van der Waals surface area (Å²) < 4.78 is 45.4. The van der Waals surface area contributed by atoms with Crippen molar-refractivity contribution in [1.29, 1.82) is 0 Å². The number of benzene rings is 1. The fourth-order valence-electron chi connectivity index (χ4n) is 4.73. The van der Waals surface area contributed by atoms with Gasteiger partial charge in [0.25, 0.3) is 0 Å². The fourth-order valence-corrected chi connectivity index (χ4v) is 4.73. The van der Waals surface area contributed by atoms with Crippen molar-refractivity contribution in [3.63, 3.8) is 0 Å². The largest absolute Gasteiger partial charge is 0.475 e. The van der Waals surface area contributed by atoms with Crippen LogP contribution in [0.15, 0.2) is 36.5 Å². The van der Waals surface area contributed by atoms with E-state index in [0.29, 0.717) is 30.2 Å². The minimum Gasteiger partial charge on any atom is -0.475 e. The molecule has 1 fully saturated rings. The number of aryl methyl sites for hydroxylation is 1. The predicted molar refractivity (Wildman–Crippen MR) is 135 cm³/mol. The zero-order valence-electron chi connectivity index (χ0n) is 20.9. The standard InChI is InChI=1S/C25H26F3N7O4/c1-14-20-22(32-21(30-14)15-4-2-5-16(10-15)25(26,27)28)35(17-6-3-9-34(20)11-17)24(38)33-23-29-8-7-19(31-23)39-13-18(37)12-36/h2,4-5,7-8,10,17-18,36-37H,3,6,9,11-13H2,1H3,(H,29,31,33,38)/t17-,18+/m0/s1. The van der Waals surface area contributed by atoms with Gasteiger partial charge in [-0.1, -0.05) is 12.1 Å². The molecular weight excluding hydrogens is 519 g/mol. The molecule has 2 atom stereocenters. The smallest absolute Gasteiger partial charge is 0.416 e. The molecular formula is C25H26F3N7O4. The second-order valence-corrected chi connectivity index (χ2v) is 9.29. The van der Waals surface area contributed by atoms with E-state index in [9.17, 15) is 23.1 Å². The Morgan fingerprint density at radius 1 is 1.26 bits per heavy atom. The molecule has 2 bridgehead atoms. The van der Waals surface area contributed by atoms with Crippen LogP contribution in [-0.2, 0) is 6.18 Å². The third-order valence-electron chi connectivity index (χ3n) is 6.50. The van der Waals surface area contributed by atoms with Crippen LogP contribution in [0, 0.1) is 6.92 Å². The normalized spacial score (nSPS) is 17.4. The van der Waals surface area contributed by atoms with E-state index in [1.54, 1.807) is 6.92 Å². The van der Waals surface area contributed by atoms with Crippen LogP contribution in [-0.4, -0.2) is 74.6 Å². The van der Waals surface area contributed by atoms with Crippen LogP contribution < -0.4 is 19.9 Å². The summed E-state index contributed by atoms with van der Waals surface area (Å²) in [5.74, 6) is 0.396. The number of hydrogen-bond donors (Lipinski definition) is 3. The summed E-state index contributed by atoms with van der Waals surface area (Å²) >= 11 is 0. The van der Waals surface area contributed by atoms with Crippen molar-refractivity contribution in [1.82, 2.24) is 19.9 Å². The Labute approximate surface area is 221 Å². The maximum atomic E-state index is 13.6. The van der Waals surface area contributed by atoms with Gasteiger partial charge in [-0.15, -0.1) is 0 Å². The summed E-state index contributed by atoms with van der Waals surface area (Å²) in [6.07, 6.45) is -2.72. The number of amides is 2. The van der Waals surface area contributed by atoms with Crippen LogP contribution in [0.4, 0.5) is 35.4 Å². The number of nitrogens with one attached hydrogen (secondary N) is 1. The molecule has 2 amide bonds. The zero-order valence-corrected chi connectivity index (χ0v) is 20.9. The quantitative estimate of drug-likeness (QED) is 0.427. The average Bonchev–Trinajstić information content (AvgIpc) is 2.91. The van der Waals surface area contributed by atoms with Gasteiger partial charge in [0.1, 0.15) is 18.4 Å². The highest BCUT2D eigenvalue weighted by atomic mass is 19.4. The molecule has 5 rings (SSSR count). The molecule has 3 N–H and O–H groups in total. The lowest BCUT2D eigenvalue weighted by Gasteiger charge is -2.46. The predicted octanol–water partition coefficient (Wildman–Crippen LogP) is 3.01. The molecule has 3 aromatic rings. The molecule has 1 saturated heterocycles. The van der Waals surface area contributed by atoms with Gasteiger partial charge in [0.2, 0.25) is 11.8 Å². The number of halogens is 3. The molecule has 0 unspecified atom stereocenters. The topological polar surface area (TPSA) is 137 Å². The van der Waals surface area contributed by atoms with Crippen molar-refractivity contribution >= 4 is 23.5 Å². The summed E-state index contributed by atoms with van der Waals surface area (Å²) in [5, 5.41) is 21.1. The van der Waals surface area contributed by atoms with E-state index >= 15 is 0 Å². The highest BCUT2D eigenvalue weighted by molar-refractivity contribution is 6.04. The second kappa shape index (κ2) is 10.6. The molecule has 39 heavy (non-hydrogen) atoms. The number of fused-ring (bicyclic) bond motifs is 4. The number of piperidine rings is 1. The van der Waals surface area contributed by atoms with Gasteiger partial charge in [0, 0.05) is 30.9 Å². The van der Waals surface area contributed by atoms with E-state index < -0.39 is 30.5 Å². The lowest BCUT2D eigenvalue weighted by molar-refractivity contribution is -0.137. The lowest BCUT2D eigenvalue weighted by Crippen LogP contribution is -2.56. The van der Waals surface area contributed by atoms with E-state index in [-0.39, 0.29) is 35.9 Å². The number of urea groups is 1. The highest BCUT2D eigenvalue weighted by Crippen LogP contribution is 2.41. The number of aromatic nitrogens is 4. The monoisotopic (exact) mass is 545 g/mol. The maximum Gasteiger partial charge on any atom is 0.416 e. The zero-order chi connectivity index (χ0) is 27.7. The molecule has 14 heteroatoms. The van der Waals surface area contributed by atoms with Crippen molar-refractivity contribution < 1.29 is 32.9 Å². The number of alkyl halides is 3. The molecule has 206 valence electrons. The number of aliphatic hydroxyl groups excluding tert-OH is 2. The van der Waals surface area contributed by atoms with Crippen LogP contribution in [0.5, 0.6) is 5.88 Å². The highest BCUT2D eigenvalue weighted by Gasteiger charge is 2.40. The third-order valence-corrected chi connectivity index (χ3v) is 6.50. The Morgan fingerprint density at radius 2 is 2.08 bits per heavy atom. The van der Waals surface area contributed by atoms with Crippen molar-refractivity contribution in [2.45, 2.75) is 38.1 Å². The molecule has 0 spiro atoms. The number of aliphatic hydroxyl groups is 2. The van der Waals surface area contributed by atoms with E-state index in [1.165, 1.54) is 29.3 Å². The van der Waals surface area contributed by atoms with Gasteiger partial charge in [-0.25, -0.2) is 19.7 Å². The van der Waals surface area contributed by atoms with Crippen molar-refractivity contribution in [2.75, 3.05) is 41.4 Å². The molecule has 4 heterocycles. The first-order valence-electron chi connectivity index (χ1n) is 12.3. The number of carbonyl (C=O) groups is 1. The van der Waals surface area contributed by atoms with Gasteiger partial charge in [-0.3, -0.25) is 10.2 Å². The van der Waals surface area contributed by atoms with Gasteiger partial charge in [-0.2, -0.15) is 18.2 Å². The molecule has 2 aromatic heterocycles. The van der Waals surface area contributed by atoms with Gasteiger partial charge >= 0.3 is 12.2 Å². The van der Waals surface area contributed by atoms with Crippen molar-refractivity contribution in [2.24, 2.45) is 0 Å². The number of nitrogens with zero attached hydrogens (tertiary/aromatic N) is 6. The van der Waals surface area contributed by atoms with E-state index in [1.807, 2.05) is 0 Å². The summed E-state index contributed by atoms with van der Waals surface area (Å²) in [6.45, 7) is 2.36. The molecule has 1 aromatic carbocycles. The van der Waals surface area contributed by atoms with Gasteiger partial charge < -0.3 is 19.8 Å². The Hall–Kier alpha value is -4.04. The number of rotatable bonds is 6. The molecule has 0 aliphatic carbocycles. The minimum absolute atomic E-state index is 0.0559. The second-order valence-electron chi connectivity index (χ2n) is 9.29. The summed E-state index contributed by atoms with van der Waals surface area (Å²) in [5.41, 5.74) is 0.549. The molecule has 0 radical (unpaired) electrons. The van der Waals surface area contributed by atoms with E-state index in [2.05, 4.69) is 30.2 Å². The summed E-state index contributed by atoms with van der Waals surface area (Å²) in [4.78, 5) is 34.5. The van der Waals surface area contributed by atoms with Crippen LogP contribution in [0.2, 0.25) is 0 Å². The molecule has 0 saturated carbocycles.